The van der Waals surface area contributed by atoms with E-state index < -0.39 is 53.1 Å². The van der Waals surface area contributed by atoms with E-state index in [4.69, 9.17) is 30.5 Å². The Bertz CT molecular complexity index is 1610. The number of fused-ring (bicyclic) bond motifs is 1. The maximum absolute atomic E-state index is 14.8. The van der Waals surface area contributed by atoms with Crippen LogP contribution in [-0.4, -0.2) is 87.2 Å². The second-order valence-corrected chi connectivity index (χ2v) is 14.2. The van der Waals surface area contributed by atoms with Gasteiger partial charge in [-0.05, 0) is 65.5 Å². The molecular weight excluding hydrogens is 664 g/mol. The van der Waals surface area contributed by atoms with Crippen molar-refractivity contribution in [1.29, 1.82) is 0 Å². The zero-order valence-corrected chi connectivity index (χ0v) is 30.7. The number of nitrogens with zero attached hydrogens (tertiary/aromatic N) is 4. The number of amides is 3. The highest BCUT2D eigenvalue weighted by Crippen LogP contribution is 2.51. The van der Waals surface area contributed by atoms with Gasteiger partial charge in [-0.3, -0.25) is 9.59 Å². The van der Waals surface area contributed by atoms with E-state index in [0.29, 0.717) is 23.2 Å². The Morgan fingerprint density at radius 3 is 2.50 bits per heavy atom. The number of rotatable bonds is 15. The molecule has 5 atom stereocenters. The summed E-state index contributed by atoms with van der Waals surface area (Å²) in [7, 11) is 1.54. The maximum atomic E-state index is 14.8. The quantitative estimate of drug-likeness (QED) is 0.112. The van der Waals surface area contributed by atoms with Crippen LogP contribution in [0.5, 0.6) is 11.6 Å². The molecule has 0 unspecified atom stereocenters. The number of esters is 1. The molecule has 3 amide bonds. The number of ether oxygens (including phenoxy) is 4. The number of likely N-dealkylation sites (tertiary alicyclic amines) is 1. The lowest BCUT2D eigenvalue weighted by Crippen LogP contribution is -2.59. The third kappa shape index (κ3) is 8.57. The Hall–Kier alpha value is -4.19. The summed E-state index contributed by atoms with van der Waals surface area (Å²) in [5.41, 5.74) is -1.65. The molecule has 1 aliphatic carbocycles. The number of benzene rings is 1. The van der Waals surface area contributed by atoms with Crippen molar-refractivity contribution in [2.75, 3.05) is 20.3 Å². The molecule has 1 aromatic carbocycles. The molecule has 2 fully saturated rings. The standard InChI is InChI=1S/C37H49ClN4O8/c1-9-12-13-14-15-16-23(4)32(43)41-22-26(49-31-30(38)39-27-18-17-25(47-8)19-28(27)40-31)20-29(41)33(44)42(35(46)50-36(5,6)7)37(21-24(37)10-2)34(45)48-11-3/h9-10,17-19,23-24,26,29H,1-2,11-16,20-22H2,3-8H3/t23-,24+,26+,29-,37+/m0/s1. The first kappa shape index (κ1) is 38.6. The summed E-state index contributed by atoms with van der Waals surface area (Å²) >= 11 is 6.50. The summed E-state index contributed by atoms with van der Waals surface area (Å²) in [6.45, 7) is 16.1. The lowest BCUT2D eigenvalue weighted by Gasteiger charge is -2.35. The second kappa shape index (κ2) is 16.2. The van der Waals surface area contributed by atoms with Gasteiger partial charge in [0, 0.05) is 24.3 Å². The number of imide groups is 1. The summed E-state index contributed by atoms with van der Waals surface area (Å²) in [4.78, 5) is 67.6. The lowest BCUT2D eigenvalue weighted by atomic mass is 10.00. The minimum absolute atomic E-state index is 0.00362. The van der Waals surface area contributed by atoms with E-state index in [1.54, 1.807) is 45.9 Å². The first-order chi connectivity index (χ1) is 23.7. The van der Waals surface area contributed by atoms with Gasteiger partial charge in [-0.1, -0.05) is 43.5 Å². The lowest BCUT2D eigenvalue weighted by molar-refractivity contribution is -0.159. The van der Waals surface area contributed by atoms with Crippen LogP contribution < -0.4 is 9.47 Å². The van der Waals surface area contributed by atoms with E-state index in [0.717, 1.165) is 30.6 Å². The number of carbonyl (C=O) groups is 4. The summed E-state index contributed by atoms with van der Waals surface area (Å²) in [6, 6.07) is 3.98. The molecule has 4 rings (SSSR count). The fourth-order valence-corrected chi connectivity index (χ4v) is 6.52. The van der Waals surface area contributed by atoms with Gasteiger partial charge in [0.25, 0.3) is 11.8 Å². The normalized spacial score (nSPS) is 22.0. The molecule has 272 valence electrons. The molecule has 0 N–H and O–H groups in total. The van der Waals surface area contributed by atoms with Crippen molar-refractivity contribution >= 4 is 46.5 Å². The summed E-state index contributed by atoms with van der Waals surface area (Å²) in [5, 5.41) is 0.00617. The molecule has 0 spiro atoms. The minimum Gasteiger partial charge on any atom is -0.497 e. The van der Waals surface area contributed by atoms with Crippen molar-refractivity contribution in [3.63, 3.8) is 0 Å². The predicted molar refractivity (Wildman–Crippen MR) is 189 cm³/mol. The van der Waals surface area contributed by atoms with Crippen molar-refractivity contribution in [3.05, 3.63) is 48.7 Å². The molecule has 2 aromatic rings. The van der Waals surface area contributed by atoms with Gasteiger partial charge in [-0.15, -0.1) is 13.2 Å². The van der Waals surface area contributed by atoms with Crippen molar-refractivity contribution in [2.24, 2.45) is 11.8 Å². The van der Waals surface area contributed by atoms with E-state index in [2.05, 4.69) is 23.1 Å². The van der Waals surface area contributed by atoms with Gasteiger partial charge in [0.1, 0.15) is 23.5 Å². The van der Waals surface area contributed by atoms with Gasteiger partial charge in [0.15, 0.2) is 10.7 Å². The highest BCUT2D eigenvalue weighted by Gasteiger charge is 2.69. The zero-order valence-electron chi connectivity index (χ0n) is 29.9. The van der Waals surface area contributed by atoms with Crippen LogP contribution in [0, 0.1) is 11.8 Å². The molecule has 13 heteroatoms. The topological polar surface area (TPSA) is 137 Å². The van der Waals surface area contributed by atoms with Gasteiger partial charge in [0.05, 0.1) is 31.3 Å². The van der Waals surface area contributed by atoms with Crippen LogP contribution in [0.25, 0.3) is 11.0 Å². The third-order valence-corrected chi connectivity index (χ3v) is 9.22. The highest BCUT2D eigenvalue weighted by molar-refractivity contribution is 6.31. The molecule has 2 aliphatic rings. The Morgan fingerprint density at radius 2 is 1.88 bits per heavy atom. The number of halogens is 1. The van der Waals surface area contributed by atoms with Crippen molar-refractivity contribution < 1.29 is 38.1 Å². The average molecular weight is 713 g/mol. The number of unbranched alkanes of at least 4 members (excludes halogenated alkanes) is 3. The van der Waals surface area contributed by atoms with Crippen molar-refractivity contribution in [3.8, 4) is 11.6 Å². The molecular formula is C37H49ClN4O8. The molecule has 1 saturated carbocycles. The monoisotopic (exact) mass is 712 g/mol. The summed E-state index contributed by atoms with van der Waals surface area (Å²) in [5.74, 6) is -2.19. The van der Waals surface area contributed by atoms with E-state index in [1.807, 2.05) is 13.0 Å². The Kier molecular flexibility index (Phi) is 12.5. The summed E-state index contributed by atoms with van der Waals surface area (Å²) < 4.78 is 22.7. The van der Waals surface area contributed by atoms with Gasteiger partial charge in [0.2, 0.25) is 5.91 Å². The Labute approximate surface area is 299 Å². The molecule has 1 aromatic heterocycles. The van der Waals surface area contributed by atoms with Crippen LogP contribution in [0.1, 0.15) is 79.6 Å². The third-order valence-electron chi connectivity index (χ3n) is 8.97. The van der Waals surface area contributed by atoms with Crippen LogP contribution >= 0.6 is 11.6 Å². The van der Waals surface area contributed by atoms with Crippen LogP contribution in [-0.2, 0) is 23.9 Å². The van der Waals surface area contributed by atoms with E-state index in [9.17, 15) is 19.2 Å². The number of aromatic nitrogens is 2. The number of carbonyl (C=O) groups excluding carboxylic acids is 4. The van der Waals surface area contributed by atoms with E-state index in [-0.39, 0.29) is 42.9 Å². The number of allylic oxidation sites excluding steroid dienone is 1. The number of hydrogen-bond donors (Lipinski definition) is 0. The molecule has 1 aliphatic heterocycles. The number of methoxy groups -OCH3 is 1. The van der Waals surface area contributed by atoms with Crippen molar-refractivity contribution in [1.82, 2.24) is 19.8 Å². The second-order valence-electron chi connectivity index (χ2n) is 13.8. The van der Waals surface area contributed by atoms with E-state index in [1.165, 1.54) is 18.1 Å². The van der Waals surface area contributed by atoms with Gasteiger partial charge < -0.3 is 23.8 Å². The van der Waals surface area contributed by atoms with Crippen LogP contribution in [0.4, 0.5) is 4.79 Å². The van der Waals surface area contributed by atoms with Crippen LogP contribution in [0.3, 0.4) is 0 Å². The first-order valence-corrected chi connectivity index (χ1v) is 17.5. The number of hydrogen-bond acceptors (Lipinski definition) is 10. The molecule has 0 radical (unpaired) electrons. The maximum Gasteiger partial charge on any atom is 0.418 e. The van der Waals surface area contributed by atoms with Crippen molar-refractivity contribution in [2.45, 2.75) is 103 Å². The van der Waals surface area contributed by atoms with Gasteiger partial charge in [-0.2, -0.15) is 0 Å². The Balaban J connectivity index is 1.71. The molecule has 1 saturated heterocycles. The smallest absolute Gasteiger partial charge is 0.418 e. The van der Waals surface area contributed by atoms with Gasteiger partial charge in [-0.25, -0.2) is 24.5 Å². The summed E-state index contributed by atoms with van der Waals surface area (Å²) in [6.07, 6.45) is 5.94. The average Bonchev–Trinajstić information content (AvgIpc) is 3.65. The molecule has 0 bridgehead atoms. The highest BCUT2D eigenvalue weighted by atomic mass is 35.5. The fraction of sp³-hybridized carbons (Fsp3) is 0.568. The zero-order chi connectivity index (χ0) is 36.8. The van der Waals surface area contributed by atoms with Crippen LogP contribution in [0.2, 0.25) is 5.15 Å². The van der Waals surface area contributed by atoms with Crippen LogP contribution in [0.15, 0.2) is 43.5 Å². The molecule has 50 heavy (non-hydrogen) atoms. The predicted octanol–water partition coefficient (Wildman–Crippen LogP) is 6.68. The minimum atomic E-state index is -1.66. The fourth-order valence-electron chi connectivity index (χ4n) is 6.34. The largest absolute Gasteiger partial charge is 0.497 e. The Morgan fingerprint density at radius 1 is 1.14 bits per heavy atom. The van der Waals surface area contributed by atoms with Gasteiger partial charge >= 0.3 is 12.1 Å². The van der Waals surface area contributed by atoms with E-state index >= 15 is 0 Å². The molecule has 12 nitrogen and oxygen atoms in total. The first-order valence-electron chi connectivity index (χ1n) is 17.2. The molecule has 2 heterocycles. The SMILES string of the molecule is C=CCCCCC[C@H](C)C(=O)N1C[C@H](Oc2nc3cc(OC)ccc3nc2Cl)C[C@H]1C(=O)N(C(=O)OC(C)(C)C)[C@]1(C(=O)OCC)C[C@H]1C=C.